The van der Waals surface area contributed by atoms with Crippen LogP contribution >= 0.6 is 0 Å². The summed E-state index contributed by atoms with van der Waals surface area (Å²) >= 11 is 0. The van der Waals surface area contributed by atoms with Gasteiger partial charge >= 0.3 is 10.3 Å². The summed E-state index contributed by atoms with van der Waals surface area (Å²) in [5.74, 6) is 0.638. The zero-order chi connectivity index (χ0) is 11.3. The number of rotatable bonds is 6. The molecule has 0 aliphatic heterocycles. The van der Waals surface area contributed by atoms with E-state index in [9.17, 15) is 8.42 Å². The smallest absolute Gasteiger partial charge is 0.273 e. The van der Waals surface area contributed by atoms with Crippen LogP contribution in [-0.4, -0.2) is 30.4 Å². The Morgan fingerprint density at radius 1 is 1.27 bits per heavy atom. The molecule has 0 aromatic carbocycles. The van der Waals surface area contributed by atoms with Gasteiger partial charge in [0, 0.05) is 13.1 Å². The molecule has 0 heterocycles. The van der Waals surface area contributed by atoms with Gasteiger partial charge in [0.1, 0.15) is 0 Å². The topological polar surface area (TPSA) is 57.6 Å². The summed E-state index contributed by atoms with van der Waals surface area (Å²) in [7, 11) is -4.03. The van der Waals surface area contributed by atoms with E-state index >= 15 is 0 Å². The largest absolute Gasteiger partial charge is 0.335 e. The van der Waals surface area contributed by atoms with Crippen molar-refractivity contribution < 1.29 is 13.0 Å². The molecular weight excluding hydrogens is 214 g/mol. The summed E-state index contributed by atoms with van der Waals surface area (Å²) in [6.07, 6.45) is 6.26. The van der Waals surface area contributed by atoms with Crippen molar-refractivity contribution in [3.63, 3.8) is 0 Å². The molecule has 4 nitrogen and oxygen atoms in total. The minimum absolute atomic E-state index is 0.311. The van der Waals surface area contributed by atoms with Crippen molar-refractivity contribution in [1.82, 2.24) is 4.31 Å². The van der Waals surface area contributed by atoms with Gasteiger partial charge in [-0.3, -0.25) is 4.55 Å². The molecule has 0 aromatic heterocycles. The SMILES string of the molecule is [CH2]CCN(CCC1CCCC1)S(=O)(=O)O. The highest BCUT2D eigenvalue weighted by atomic mass is 32.2. The maximum absolute atomic E-state index is 11.0. The molecule has 0 unspecified atom stereocenters. The van der Waals surface area contributed by atoms with Crippen molar-refractivity contribution in [1.29, 1.82) is 0 Å². The summed E-state index contributed by atoms with van der Waals surface area (Å²) in [6.45, 7) is 4.34. The molecule has 0 atom stereocenters. The van der Waals surface area contributed by atoms with Crippen molar-refractivity contribution in [3.05, 3.63) is 6.92 Å². The van der Waals surface area contributed by atoms with Gasteiger partial charge in [-0.15, -0.1) is 0 Å². The molecule has 89 valence electrons. The van der Waals surface area contributed by atoms with Gasteiger partial charge < -0.3 is 0 Å². The lowest BCUT2D eigenvalue weighted by Gasteiger charge is -2.19. The van der Waals surface area contributed by atoms with Crippen LogP contribution in [-0.2, 0) is 10.3 Å². The van der Waals surface area contributed by atoms with Gasteiger partial charge in [0.25, 0.3) is 0 Å². The van der Waals surface area contributed by atoms with E-state index in [4.69, 9.17) is 4.55 Å². The first kappa shape index (κ1) is 12.9. The van der Waals surface area contributed by atoms with Crippen LogP contribution in [0.15, 0.2) is 0 Å². The fourth-order valence-corrected chi connectivity index (χ4v) is 2.84. The molecule has 0 bridgehead atoms. The second-order valence-electron chi connectivity index (χ2n) is 4.17. The Bertz CT molecular complexity index is 270. The third-order valence-corrected chi connectivity index (χ3v) is 4.01. The van der Waals surface area contributed by atoms with Crippen LogP contribution in [0.1, 0.15) is 38.5 Å². The first-order valence-electron chi connectivity index (χ1n) is 5.56. The van der Waals surface area contributed by atoms with E-state index in [0.29, 0.717) is 25.4 Å². The van der Waals surface area contributed by atoms with E-state index in [1.54, 1.807) is 0 Å². The van der Waals surface area contributed by atoms with E-state index in [0.717, 1.165) is 10.7 Å². The predicted octanol–water partition coefficient (Wildman–Crippen LogP) is 1.90. The number of hydrogen-bond acceptors (Lipinski definition) is 2. The molecule has 1 aliphatic rings. The summed E-state index contributed by atoms with van der Waals surface area (Å²) < 4.78 is 32.0. The molecule has 0 amide bonds. The summed E-state index contributed by atoms with van der Waals surface area (Å²) in [5.41, 5.74) is 0. The zero-order valence-electron chi connectivity index (χ0n) is 9.06. The molecule has 1 rings (SSSR count). The monoisotopic (exact) mass is 234 g/mol. The Labute approximate surface area is 92.5 Å². The Morgan fingerprint density at radius 2 is 1.87 bits per heavy atom. The van der Waals surface area contributed by atoms with Gasteiger partial charge in [-0.05, 0) is 18.8 Å². The summed E-state index contributed by atoms with van der Waals surface area (Å²) in [4.78, 5) is 0. The normalized spacial score (nSPS) is 18.9. The number of hydrogen-bond donors (Lipinski definition) is 1. The van der Waals surface area contributed by atoms with E-state index in [-0.39, 0.29) is 0 Å². The lowest BCUT2D eigenvalue weighted by molar-refractivity contribution is 0.328. The van der Waals surface area contributed by atoms with Gasteiger partial charge in [0.05, 0.1) is 0 Å². The maximum atomic E-state index is 11.0. The van der Waals surface area contributed by atoms with Crippen LogP contribution in [0.4, 0.5) is 0 Å². The van der Waals surface area contributed by atoms with Crippen LogP contribution in [0.25, 0.3) is 0 Å². The van der Waals surface area contributed by atoms with E-state index in [2.05, 4.69) is 6.92 Å². The lowest BCUT2D eigenvalue weighted by Crippen LogP contribution is -2.32. The minimum Gasteiger partial charge on any atom is -0.273 e. The molecule has 5 heteroatoms. The quantitative estimate of drug-likeness (QED) is 0.714. The highest BCUT2D eigenvalue weighted by molar-refractivity contribution is 7.83. The molecule has 1 aliphatic carbocycles. The average Bonchev–Trinajstić information content (AvgIpc) is 2.62. The minimum atomic E-state index is -4.03. The van der Waals surface area contributed by atoms with E-state index < -0.39 is 10.3 Å². The zero-order valence-corrected chi connectivity index (χ0v) is 9.88. The van der Waals surface area contributed by atoms with Crippen LogP contribution < -0.4 is 0 Å². The lowest BCUT2D eigenvalue weighted by atomic mass is 10.0. The summed E-state index contributed by atoms with van der Waals surface area (Å²) in [6, 6.07) is 0. The van der Waals surface area contributed by atoms with Gasteiger partial charge in [-0.2, -0.15) is 12.7 Å². The molecule has 1 N–H and O–H groups in total. The van der Waals surface area contributed by atoms with E-state index in [1.807, 2.05) is 0 Å². The van der Waals surface area contributed by atoms with Gasteiger partial charge in [0.2, 0.25) is 0 Å². The van der Waals surface area contributed by atoms with Crippen LogP contribution in [0.3, 0.4) is 0 Å². The molecule has 0 aromatic rings. The molecule has 0 spiro atoms. The molecule has 15 heavy (non-hydrogen) atoms. The summed E-state index contributed by atoms with van der Waals surface area (Å²) in [5, 5.41) is 0. The highest BCUT2D eigenvalue weighted by Crippen LogP contribution is 2.27. The Hall–Kier alpha value is -0.130. The van der Waals surface area contributed by atoms with Crippen molar-refractivity contribution in [3.8, 4) is 0 Å². The highest BCUT2D eigenvalue weighted by Gasteiger charge is 2.21. The Kier molecular flexibility index (Phi) is 5.02. The molecule has 1 fully saturated rings. The second kappa shape index (κ2) is 5.82. The number of nitrogens with zero attached hydrogens (tertiary/aromatic N) is 1. The van der Waals surface area contributed by atoms with E-state index in [1.165, 1.54) is 25.7 Å². The van der Waals surface area contributed by atoms with Crippen LogP contribution in [0.5, 0.6) is 0 Å². The molecule has 1 saturated carbocycles. The van der Waals surface area contributed by atoms with Crippen LogP contribution in [0, 0.1) is 12.8 Å². The Morgan fingerprint density at radius 3 is 2.33 bits per heavy atom. The third kappa shape index (κ3) is 4.49. The van der Waals surface area contributed by atoms with Crippen molar-refractivity contribution >= 4 is 10.3 Å². The van der Waals surface area contributed by atoms with Crippen molar-refractivity contribution in [2.45, 2.75) is 38.5 Å². The molecular formula is C10H20NO3S. The third-order valence-electron chi connectivity index (χ3n) is 3.00. The molecule has 1 radical (unpaired) electrons. The van der Waals surface area contributed by atoms with Gasteiger partial charge in [0.15, 0.2) is 0 Å². The fraction of sp³-hybridized carbons (Fsp3) is 0.900. The second-order valence-corrected chi connectivity index (χ2v) is 5.58. The maximum Gasteiger partial charge on any atom is 0.335 e. The average molecular weight is 234 g/mol. The first-order chi connectivity index (χ1) is 7.04. The Balaban J connectivity index is 2.37. The van der Waals surface area contributed by atoms with Gasteiger partial charge in [-0.25, -0.2) is 0 Å². The predicted molar refractivity (Wildman–Crippen MR) is 59.7 cm³/mol. The van der Waals surface area contributed by atoms with Crippen molar-refractivity contribution in [2.75, 3.05) is 13.1 Å². The van der Waals surface area contributed by atoms with Crippen LogP contribution in [0.2, 0.25) is 0 Å². The van der Waals surface area contributed by atoms with Gasteiger partial charge in [-0.1, -0.05) is 32.6 Å². The fourth-order valence-electron chi connectivity index (χ4n) is 2.14. The molecule has 0 saturated heterocycles. The van der Waals surface area contributed by atoms with Crippen molar-refractivity contribution in [2.24, 2.45) is 5.92 Å². The first-order valence-corrected chi connectivity index (χ1v) is 6.95. The standard InChI is InChI=1S/C10H20NO3S/c1-2-8-11(15(12,13)14)9-7-10-5-3-4-6-10/h10H,1-9H2,(H,12,13,14).